The predicted octanol–water partition coefficient (Wildman–Crippen LogP) is 4.32. The second kappa shape index (κ2) is 4.86. The molecule has 2 fully saturated rings. The number of carbonyl (C=O) groups excluding carboxylic acids is 1. The second-order valence-electron chi connectivity index (χ2n) is 7.05. The van der Waals surface area contributed by atoms with Crippen LogP contribution in [-0.4, -0.2) is 12.1 Å². The van der Waals surface area contributed by atoms with Crippen LogP contribution in [0.1, 0.15) is 72.6 Å². The molecule has 3 atom stereocenters. The number of hydrogen-bond acceptors (Lipinski definition) is 2. The maximum absolute atomic E-state index is 11.9. The topological polar surface area (TPSA) is 26.3 Å². The first-order chi connectivity index (χ1) is 8.41. The van der Waals surface area contributed by atoms with Gasteiger partial charge >= 0.3 is 5.97 Å². The predicted molar refractivity (Wildman–Crippen MR) is 73.3 cm³/mol. The van der Waals surface area contributed by atoms with Crippen LogP contribution >= 0.6 is 0 Å². The molecule has 2 nitrogen and oxygen atoms in total. The Morgan fingerprint density at radius 3 is 2.50 bits per heavy atom. The molecule has 2 aliphatic carbocycles. The van der Waals surface area contributed by atoms with E-state index in [4.69, 9.17) is 4.74 Å². The van der Waals surface area contributed by atoms with E-state index in [0.717, 1.165) is 31.6 Å². The third kappa shape index (κ3) is 2.08. The van der Waals surface area contributed by atoms with Gasteiger partial charge in [-0.1, -0.05) is 40.5 Å². The minimum Gasteiger partial charge on any atom is -0.462 e. The second-order valence-corrected chi connectivity index (χ2v) is 7.05. The Balaban J connectivity index is 1.90. The van der Waals surface area contributed by atoms with Crippen molar-refractivity contribution >= 4 is 5.97 Å². The van der Waals surface area contributed by atoms with Crippen molar-refractivity contribution in [1.82, 2.24) is 0 Å². The fraction of sp³-hybridized carbons (Fsp3) is 0.938. The molecule has 2 bridgehead atoms. The van der Waals surface area contributed by atoms with Gasteiger partial charge in [0.15, 0.2) is 0 Å². The van der Waals surface area contributed by atoms with Gasteiger partial charge in [-0.05, 0) is 37.0 Å². The highest BCUT2D eigenvalue weighted by Crippen LogP contribution is 2.66. The largest absolute Gasteiger partial charge is 0.462 e. The van der Waals surface area contributed by atoms with Gasteiger partial charge < -0.3 is 4.74 Å². The van der Waals surface area contributed by atoms with Crippen LogP contribution in [0.4, 0.5) is 0 Å². The maximum atomic E-state index is 11.9. The minimum atomic E-state index is 0.0259. The molecule has 0 amide bonds. The van der Waals surface area contributed by atoms with E-state index in [2.05, 4.69) is 27.7 Å². The highest BCUT2D eigenvalue weighted by Gasteiger charge is 2.62. The normalized spacial score (nSPS) is 36.9. The molecular weight excluding hydrogens is 224 g/mol. The van der Waals surface area contributed by atoms with E-state index >= 15 is 0 Å². The van der Waals surface area contributed by atoms with Gasteiger partial charge in [-0.15, -0.1) is 0 Å². The lowest BCUT2D eigenvalue weighted by Gasteiger charge is -2.38. The summed E-state index contributed by atoms with van der Waals surface area (Å²) in [4.78, 5) is 11.9. The zero-order chi connectivity index (χ0) is 13.4. The number of fused-ring (bicyclic) bond motifs is 2. The molecule has 2 aliphatic rings. The molecule has 2 rings (SSSR count). The van der Waals surface area contributed by atoms with Gasteiger partial charge in [0.1, 0.15) is 6.10 Å². The van der Waals surface area contributed by atoms with Gasteiger partial charge in [-0.25, -0.2) is 0 Å². The lowest BCUT2D eigenvalue weighted by atomic mass is 9.70. The Morgan fingerprint density at radius 1 is 1.28 bits per heavy atom. The molecule has 0 aromatic carbocycles. The van der Waals surface area contributed by atoms with Crippen LogP contribution in [0.2, 0.25) is 0 Å². The highest BCUT2D eigenvalue weighted by atomic mass is 16.5. The van der Waals surface area contributed by atoms with Crippen LogP contribution in [0.5, 0.6) is 0 Å². The van der Waals surface area contributed by atoms with Gasteiger partial charge in [-0.3, -0.25) is 4.79 Å². The van der Waals surface area contributed by atoms with Crippen molar-refractivity contribution in [2.75, 3.05) is 0 Å². The standard InChI is InChI=1S/C16H28O2/c1-5-6-7-8-14(17)18-13-11-12-9-10-16(13,4)15(12,2)3/h12-13H,5-11H2,1-4H3. The van der Waals surface area contributed by atoms with Crippen LogP contribution < -0.4 is 0 Å². The summed E-state index contributed by atoms with van der Waals surface area (Å²) in [6.07, 6.45) is 7.65. The first-order valence-electron chi connectivity index (χ1n) is 7.61. The summed E-state index contributed by atoms with van der Waals surface area (Å²) in [5, 5.41) is 0. The highest BCUT2D eigenvalue weighted by molar-refractivity contribution is 5.69. The molecule has 2 heteroatoms. The summed E-state index contributed by atoms with van der Waals surface area (Å²) in [6.45, 7) is 9.19. The fourth-order valence-electron chi connectivity index (χ4n) is 4.05. The van der Waals surface area contributed by atoms with Crippen molar-refractivity contribution in [2.45, 2.75) is 78.7 Å². The van der Waals surface area contributed by atoms with E-state index in [-0.39, 0.29) is 17.5 Å². The van der Waals surface area contributed by atoms with E-state index in [1.165, 1.54) is 12.8 Å². The van der Waals surface area contributed by atoms with Crippen molar-refractivity contribution in [3.63, 3.8) is 0 Å². The third-order valence-corrected chi connectivity index (χ3v) is 5.97. The Kier molecular flexibility index (Phi) is 3.75. The van der Waals surface area contributed by atoms with Crippen LogP contribution in [0.25, 0.3) is 0 Å². The smallest absolute Gasteiger partial charge is 0.306 e. The average molecular weight is 252 g/mol. The van der Waals surface area contributed by atoms with E-state index in [9.17, 15) is 4.79 Å². The zero-order valence-corrected chi connectivity index (χ0v) is 12.4. The minimum absolute atomic E-state index is 0.0259. The number of esters is 1. The molecule has 0 radical (unpaired) electrons. The summed E-state index contributed by atoms with van der Waals surface area (Å²) < 4.78 is 5.79. The van der Waals surface area contributed by atoms with Crippen LogP contribution in [-0.2, 0) is 9.53 Å². The van der Waals surface area contributed by atoms with Gasteiger partial charge in [0, 0.05) is 11.8 Å². The molecule has 0 aromatic rings. The Labute approximate surface area is 111 Å². The van der Waals surface area contributed by atoms with Crippen molar-refractivity contribution in [3.8, 4) is 0 Å². The van der Waals surface area contributed by atoms with Crippen molar-refractivity contribution in [3.05, 3.63) is 0 Å². The summed E-state index contributed by atoms with van der Waals surface area (Å²) in [6, 6.07) is 0. The van der Waals surface area contributed by atoms with Crippen molar-refractivity contribution < 1.29 is 9.53 Å². The van der Waals surface area contributed by atoms with Crippen LogP contribution in [0, 0.1) is 16.7 Å². The molecule has 0 aliphatic heterocycles. The molecule has 0 N–H and O–H groups in total. The lowest BCUT2D eigenvalue weighted by Crippen LogP contribution is -2.38. The van der Waals surface area contributed by atoms with Crippen molar-refractivity contribution in [2.24, 2.45) is 16.7 Å². The van der Waals surface area contributed by atoms with E-state index < -0.39 is 0 Å². The molecule has 0 aromatic heterocycles. The maximum Gasteiger partial charge on any atom is 0.306 e. The average Bonchev–Trinajstić information content (AvgIpc) is 2.62. The van der Waals surface area contributed by atoms with E-state index in [0.29, 0.717) is 11.8 Å². The number of hydrogen-bond donors (Lipinski definition) is 0. The van der Waals surface area contributed by atoms with E-state index in [1.807, 2.05) is 0 Å². The van der Waals surface area contributed by atoms with E-state index in [1.54, 1.807) is 0 Å². The lowest BCUT2D eigenvalue weighted by molar-refractivity contribution is -0.157. The van der Waals surface area contributed by atoms with Crippen LogP contribution in [0.3, 0.4) is 0 Å². The Morgan fingerprint density at radius 2 is 2.00 bits per heavy atom. The quantitative estimate of drug-likeness (QED) is 0.538. The molecule has 2 saturated carbocycles. The fourth-order valence-corrected chi connectivity index (χ4v) is 4.05. The summed E-state index contributed by atoms with van der Waals surface area (Å²) in [7, 11) is 0. The molecule has 0 saturated heterocycles. The molecular formula is C16H28O2. The Hall–Kier alpha value is -0.530. The van der Waals surface area contributed by atoms with Crippen LogP contribution in [0.15, 0.2) is 0 Å². The third-order valence-electron chi connectivity index (χ3n) is 5.97. The summed E-state index contributed by atoms with van der Waals surface area (Å²) >= 11 is 0. The molecule has 104 valence electrons. The number of carbonyl (C=O) groups is 1. The van der Waals surface area contributed by atoms with Crippen molar-refractivity contribution in [1.29, 1.82) is 0 Å². The SMILES string of the molecule is CCCCCC(=O)OC1CC2CCC1(C)C2(C)C. The molecule has 3 unspecified atom stereocenters. The number of ether oxygens (including phenoxy) is 1. The molecule has 0 heterocycles. The monoisotopic (exact) mass is 252 g/mol. The van der Waals surface area contributed by atoms with Gasteiger partial charge in [0.2, 0.25) is 0 Å². The Bertz CT molecular complexity index is 321. The number of rotatable bonds is 5. The zero-order valence-electron chi connectivity index (χ0n) is 12.4. The molecule has 18 heavy (non-hydrogen) atoms. The first-order valence-corrected chi connectivity index (χ1v) is 7.61. The van der Waals surface area contributed by atoms with Gasteiger partial charge in [-0.2, -0.15) is 0 Å². The summed E-state index contributed by atoms with van der Waals surface area (Å²) in [5.41, 5.74) is 0.541. The number of unbranched alkanes of at least 4 members (excludes halogenated alkanes) is 2. The van der Waals surface area contributed by atoms with Gasteiger partial charge in [0.05, 0.1) is 0 Å². The molecule has 0 spiro atoms. The first kappa shape index (κ1) is 13.9. The summed E-state index contributed by atoms with van der Waals surface area (Å²) in [5.74, 6) is 0.772. The van der Waals surface area contributed by atoms with Gasteiger partial charge in [0.25, 0.3) is 0 Å².